The fourth-order valence-electron chi connectivity index (χ4n) is 2.80. The second kappa shape index (κ2) is 8.01. The number of nitrogens with zero attached hydrogens (tertiary/aromatic N) is 2. The molecule has 7 heteroatoms. The first-order valence-electron chi connectivity index (χ1n) is 8.10. The van der Waals surface area contributed by atoms with E-state index in [1.807, 2.05) is 50.2 Å². The third kappa shape index (κ3) is 4.17. The average molecular weight is 334 g/mol. The molecule has 0 spiro atoms. The molecule has 0 saturated carbocycles. The van der Waals surface area contributed by atoms with Crippen molar-refractivity contribution in [2.45, 2.75) is 19.1 Å². The first kappa shape index (κ1) is 18.1. The van der Waals surface area contributed by atoms with E-state index in [9.17, 15) is 9.59 Å². The van der Waals surface area contributed by atoms with Crippen LogP contribution in [0.15, 0.2) is 24.3 Å². The highest BCUT2D eigenvalue weighted by molar-refractivity contribution is 5.95. The van der Waals surface area contributed by atoms with Crippen LogP contribution in [0, 0.1) is 0 Å². The predicted octanol–water partition coefficient (Wildman–Crippen LogP) is 0.911. The van der Waals surface area contributed by atoms with Gasteiger partial charge in [-0.2, -0.15) is 0 Å². The minimum Gasteiger partial charge on any atom is -0.378 e. The van der Waals surface area contributed by atoms with Gasteiger partial charge in [-0.1, -0.05) is 6.07 Å². The molecule has 2 rings (SSSR count). The standard InChI is InChI=1S/C17H26N4O3/c1-5-18-17(23)19-14-10-21(11-15(14)24-4)16(22)12-7-6-8-13(9-12)20(2)3/h6-9,14-15H,5,10-11H2,1-4H3,(H2,18,19,23)/t14?,15-/m0/s1. The van der Waals surface area contributed by atoms with E-state index in [1.54, 1.807) is 12.0 Å². The molecule has 1 aliphatic rings. The Morgan fingerprint density at radius 2 is 2.08 bits per heavy atom. The number of amides is 3. The zero-order valence-electron chi connectivity index (χ0n) is 14.7. The predicted molar refractivity (Wildman–Crippen MR) is 93.5 cm³/mol. The number of rotatable bonds is 5. The Morgan fingerprint density at radius 3 is 2.71 bits per heavy atom. The summed E-state index contributed by atoms with van der Waals surface area (Å²) in [5, 5.41) is 5.57. The number of hydrogen-bond donors (Lipinski definition) is 2. The van der Waals surface area contributed by atoms with Crippen molar-refractivity contribution in [2.75, 3.05) is 45.7 Å². The van der Waals surface area contributed by atoms with Crippen LogP contribution in [-0.2, 0) is 4.74 Å². The molecule has 1 aromatic rings. The second-order valence-electron chi connectivity index (χ2n) is 6.04. The van der Waals surface area contributed by atoms with Gasteiger partial charge in [0.2, 0.25) is 0 Å². The fraction of sp³-hybridized carbons (Fsp3) is 0.529. The van der Waals surface area contributed by atoms with Crippen LogP contribution in [0.1, 0.15) is 17.3 Å². The van der Waals surface area contributed by atoms with E-state index in [2.05, 4.69) is 10.6 Å². The van der Waals surface area contributed by atoms with Gasteiger partial charge in [0.1, 0.15) is 0 Å². The van der Waals surface area contributed by atoms with E-state index < -0.39 is 0 Å². The molecule has 2 atom stereocenters. The maximum absolute atomic E-state index is 12.8. The number of likely N-dealkylation sites (tertiary alicyclic amines) is 1. The Labute approximate surface area is 142 Å². The second-order valence-corrected chi connectivity index (χ2v) is 6.04. The van der Waals surface area contributed by atoms with Gasteiger partial charge in [-0.25, -0.2) is 4.79 Å². The molecule has 2 N–H and O–H groups in total. The molecule has 0 aliphatic carbocycles. The topological polar surface area (TPSA) is 73.9 Å². The third-order valence-electron chi connectivity index (χ3n) is 4.12. The lowest BCUT2D eigenvalue weighted by Crippen LogP contribution is -2.48. The number of benzene rings is 1. The lowest BCUT2D eigenvalue weighted by Gasteiger charge is -2.18. The van der Waals surface area contributed by atoms with E-state index in [0.29, 0.717) is 25.2 Å². The lowest BCUT2D eigenvalue weighted by atomic mass is 10.1. The Kier molecular flexibility index (Phi) is 6.03. The Hall–Kier alpha value is -2.28. The van der Waals surface area contributed by atoms with Crippen LogP contribution in [0.3, 0.4) is 0 Å². The van der Waals surface area contributed by atoms with Gasteiger partial charge in [0, 0.05) is 52.1 Å². The number of nitrogens with one attached hydrogen (secondary N) is 2. The highest BCUT2D eigenvalue weighted by atomic mass is 16.5. The molecule has 1 aromatic carbocycles. The molecule has 0 bridgehead atoms. The normalized spacial score (nSPS) is 19.9. The van der Waals surface area contributed by atoms with Crippen LogP contribution < -0.4 is 15.5 Å². The van der Waals surface area contributed by atoms with Crippen LogP contribution in [0.2, 0.25) is 0 Å². The van der Waals surface area contributed by atoms with E-state index >= 15 is 0 Å². The quantitative estimate of drug-likeness (QED) is 0.839. The van der Waals surface area contributed by atoms with Gasteiger partial charge in [0.15, 0.2) is 0 Å². The number of methoxy groups -OCH3 is 1. The Balaban J connectivity index is 2.08. The molecular weight excluding hydrogens is 308 g/mol. The SMILES string of the molecule is CCNC(=O)NC1CN(C(=O)c2cccc(N(C)C)c2)C[C@@H]1OC. The molecule has 1 unspecified atom stereocenters. The monoisotopic (exact) mass is 334 g/mol. The molecule has 1 heterocycles. The van der Waals surface area contributed by atoms with Crippen LogP contribution >= 0.6 is 0 Å². The van der Waals surface area contributed by atoms with Gasteiger partial charge in [0.05, 0.1) is 12.1 Å². The summed E-state index contributed by atoms with van der Waals surface area (Å²) < 4.78 is 5.44. The largest absolute Gasteiger partial charge is 0.378 e. The number of ether oxygens (including phenoxy) is 1. The zero-order chi connectivity index (χ0) is 17.7. The average Bonchev–Trinajstić information content (AvgIpc) is 2.97. The number of hydrogen-bond acceptors (Lipinski definition) is 4. The molecule has 7 nitrogen and oxygen atoms in total. The number of carbonyl (C=O) groups excluding carboxylic acids is 2. The van der Waals surface area contributed by atoms with E-state index in [1.165, 1.54) is 0 Å². The van der Waals surface area contributed by atoms with Crippen LogP contribution in [0.4, 0.5) is 10.5 Å². The molecule has 24 heavy (non-hydrogen) atoms. The van der Waals surface area contributed by atoms with Crippen molar-refractivity contribution in [3.63, 3.8) is 0 Å². The highest BCUT2D eigenvalue weighted by Gasteiger charge is 2.36. The molecular formula is C17H26N4O3. The maximum Gasteiger partial charge on any atom is 0.315 e. The van der Waals surface area contributed by atoms with Crippen LogP contribution in [0.5, 0.6) is 0 Å². The van der Waals surface area contributed by atoms with Gasteiger partial charge in [-0.3, -0.25) is 4.79 Å². The highest BCUT2D eigenvalue weighted by Crippen LogP contribution is 2.19. The van der Waals surface area contributed by atoms with Crippen molar-refractivity contribution >= 4 is 17.6 Å². The third-order valence-corrected chi connectivity index (χ3v) is 4.12. The van der Waals surface area contributed by atoms with Gasteiger partial charge in [-0.15, -0.1) is 0 Å². The summed E-state index contributed by atoms with van der Waals surface area (Å²) in [6, 6.07) is 7.04. The first-order valence-corrected chi connectivity index (χ1v) is 8.10. The number of anilines is 1. The van der Waals surface area contributed by atoms with Crippen molar-refractivity contribution in [3.8, 4) is 0 Å². The zero-order valence-corrected chi connectivity index (χ0v) is 14.7. The van der Waals surface area contributed by atoms with Gasteiger partial charge < -0.3 is 25.2 Å². The molecule has 0 radical (unpaired) electrons. The molecule has 132 valence electrons. The minimum absolute atomic E-state index is 0.0547. The first-order chi connectivity index (χ1) is 11.5. The Morgan fingerprint density at radius 1 is 1.33 bits per heavy atom. The van der Waals surface area contributed by atoms with E-state index in [-0.39, 0.29) is 24.1 Å². The lowest BCUT2D eigenvalue weighted by molar-refractivity contribution is 0.0710. The maximum atomic E-state index is 12.8. The van der Waals surface area contributed by atoms with Crippen LogP contribution in [-0.4, -0.2) is 69.8 Å². The summed E-state index contributed by atoms with van der Waals surface area (Å²) in [6.07, 6.45) is -0.214. The Bertz CT molecular complexity index is 591. The summed E-state index contributed by atoms with van der Waals surface area (Å²) in [4.78, 5) is 28.2. The summed E-state index contributed by atoms with van der Waals surface area (Å²) in [5.41, 5.74) is 1.61. The number of carbonyl (C=O) groups is 2. The van der Waals surface area contributed by atoms with Crippen molar-refractivity contribution < 1.29 is 14.3 Å². The molecule has 1 aliphatic heterocycles. The fourth-order valence-corrected chi connectivity index (χ4v) is 2.80. The molecule has 1 saturated heterocycles. The van der Waals surface area contributed by atoms with Crippen molar-refractivity contribution in [2.24, 2.45) is 0 Å². The summed E-state index contributed by atoms with van der Waals surface area (Å²) in [6.45, 7) is 3.30. The summed E-state index contributed by atoms with van der Waals surface area (Å²) in [5.74, 6) is -0.0547. The summed E-state index contributed by atoms with van der Waals surface area (Å²) in [7, 11) is 5.47. The molecule has 0 aromatic heterocycles. The van der Waals surface area contributed by atoms with Crippen molar-refractivity contribution in [3.05, 3.63) is 29.8 Å². The number of urea groups is 1. The smallest absolute Gasteiger partial charge is 0.315 e. The molecule has 3 amide bonds. The minimum atomic E-state index is -0.242. The van der Waals surface area contributed by atoms with Crippen LogP contribution in [0.25, 0.3) is 0 Å². The van der Waals surface area contributed by atoms with Crippen molar-refractivity contribution in [1.82, 2.24) is 15.5 Å². The van der Waals surface area contributed by atoms with Crippen molar-refractivity contribution in [1.29, 1.82) is 0 Å². The van der Waals surface area contributed by atoms with Gasteiger partial charge in [-0.05, 0) is 25.1 Å². The van der Waals surface area contributed by atoms with E-state index in [4.69, 9.17) is 4.74 Å². The van der Waals surface area contributed by atoms with Gasteiger partial charge >= 0.3 is 6.03 Å². The summed E-state index contributed by atoms with van der Waals surface area (Å²) >= 11 is 0. The van der Waals surface area contributed by atoms with Gasteiger partial charge in [0.25, 0.3) is 5.91 Å². The molecule has 1 fully saturated rings. The van der Waals surface area contributed by atoms with E-state index in [0.717, 1.165) is 5.69 Å².